The van der Waals surface area contributed by atoms with Gasteiger partial charge in [0.1, 0.15) is 0 Å². The fourth-order valence-electron chi connectivity index (χ4n) is 2.79. The molecule has 0 radical (unpaired) electrons. The molecule has 0 aromatic rings. The van der Waals surface area contributed by atoms with Crippen LogP contribution in [0, 0.1) is 5.92 Å². The molecule has 2 aliphatic heterocycles. The van der Waals surface area contributed by atoms with Gasteiger partial charge in [0.2, 0.25) is 5.91 Å². The van der Waals surface area contributed by atoms with Gasteiger partial charge in [-0.15, -0.1) is 0 Å². The van der Waals surface area contributed by atoms with E-state index >= 15 is 0 Å². The maximum absolute atomic E-state index is 12.4. The lowest BCUT2D eigenvalue weighted by atomic mass is 10.0. The number of nitrogens with zero attached hydrogens (tertiary/aromatic N) is 3. The highest BCUT2D eigenvalue weighted by molar-refractivity contribution is 5.84. The predicted octanol–water partition coefficient (Wildman–Crippen LogP) is -0.308. The molecule has 2 saturated heterocycles. The number of nitrogens with two attached hydrogens (primary N) is 1. The van der Waals surface area contributed by atoms with Gasteiger partial charge in [-0.2, -0.15) is 0 Å². The third-order valence-corrected chi connectivity index (χ3v) is 4.23. The highest BCUT2D eigenvalue weighted by Crippen LogP contribution is 2.18. The molecule has 0 aliphatic carbocycles. The zero-order chi connectivity index (χ0) is 14.5. The highest BCUT2D eigenvalue weighted by atomic mass is 16.5. The second-order valence-electron chi connectivity index (χ2n) is 5.48. The van der Waals surface area contributed by atoms with Crippen LogP contribution in [0.5, 0.6) is 0 Å². The molecule has 7 nitrogen and oxygen atoms in total. The van der Waals surface area contributed by atoms with Crippen LogP contribution in [0.1, 0.15) is 19.8 Å². The molecule has 0 bridgehead atoms. The van der Waals surface area contributed by atoms with E-state index in [1.807, 2.05) is 11.8 Å². The van der Waals surface area contributed by atoms with Gasteiger partial charge in [0, 0.05) is 32.8 Å². The minimum absolute atomic E-state index is 0.0248. The summed E-state index contributed by atoms with van der Waals surface area (Å²) in [6, 6.07) is -0.102. The Morgan fingerprint density at radius 3 is 2.65 bits per heavy atom. The maximum Gasteiger partial charge on any atom is 0.228 e. The number of amidine groups is 1. The Kier molecular flexibility index (Phi) is 5.19. The minimum Gasteiger partial charge on any atom is -0.409 e. The largest absolute Gasteiger partial charge is 0.409 e. The van der Waals surface area contributed by atoms with E-state index in [0.29, 0.717) is 19.7 Å². The Balaban J connectivity index is 1.83. The van der Waals surface area contributed by atoms with Crippen LogP contribution in [-0.2, 0) is 9.53 Å². The Hall–Kier alpha value is -1.34. The second-order valence-corrected chi connectivity index (χ2v) is 5.48. The molecule has 0 aromatic heterocycles. The number of amides is 1. The third-order valence-electron chi connectivity index (χ3n) is 4.23. The van der Waals surface area contributed by atoms with E-state index in [9.17, 15) is 4.79 Å². The van der Waals surface area contributed by atoms with E-state index in [1.165, 1.54) is 0 Å². The number of hydrogen-bond donors (Lipinski definition) is 2. The third kappa shape index (κ3) is 3.40. The summed E-state index contributed by atoms with van der Waals surface area (Å²) in [5, 5.41) is 11.8. The summed E-state index contributed by atoms with van der Waals surface area (Å²) in [5.41, 5.74) is 5.62. The molecule has 20 heavy (non-hydrogen) atoms. The van der Waals surface area contributed by atoms with Crippen LogP contribution in [0.15, 0.2) is 5.16 Å². The normalized spacial score (nSPS) is 27.4. The summed E-state index contributed by atoms with van der Waals surface area (Å²) in [6.07, 6.45) is 1.90. The topological polar surface area (TPSA) is 91.4 Å². The first-order valence-corrected chi connectivity index (χ1v) is 7.21. The summed E-state index contributed by atoms with van der Waals surface area (Å²) in [6.45, 7) is 6.11. The van der Waals surface area contributed by atoms with Crippen molar-refractivity contribution in [1.29, 1.82) is 0 Å². The van der Waals surface area contributed by atoms with E-state index in [0.717, 1.165) is 32.5 Å². The van der Waals surface area contributed by atoms with Crippen molar-refractivity contribution in [3.05, 3.63) is 0 Å². The van der Waals surface area contributed by atoms with Crippen molar-refractivity contribution in [2.45, 2.75) is 25.8 Å². The van der Waals surface area contributed by atoms with E-state index in [4.69, 9.17) is 15.7 Å². The molecular formula is C13H24N4O3. The number of piperazine rings is 1. The Morgan fingerprint density at radius 2 is 2.10 bits per heavy atom. The van der Waals surface area contributed by atoms with Gasteiger partial charge < -0.3 is 20.6 Å². The lowest BCUT2D eigenvalue weighted by molar-refractivity contribution is -0.141. The first-order chi connectivity index (χ1) is 9.63. The first kappa shape index (κ1) is 15.1. The van der Waals surface area contributed by atoms with E-state index in [-0.39, 0.29) is 23.7 Å². The predicted molar refractivity (Wildman–Crippen MR) is 74.6 cm³/mol. The first-order valence-electron chi connectivity index (χ1n) is 7.21. The number of carbonyl (C=O) groups is 1. The second kappa shape index (κ2) is 6.90. The van der Waals surface area contributed by atoms with Crippen LogP contribution in [0.4, 0.5) is 0 Å². The molecule has 2 unspecified atom stereocenters. The van der Waals surface area contributed by atoms with Gasteiger partial charge in [-0.3, -0.25) is 9.69 Å². The molecule has 2 atom stereocenters. The van der Waals surface area contributed by atoms with Gasteiger partial charge in [-0.1, -0.05) is 5.16 Å². The van der Waals surface area contributed by atoms with Crippen molar-refractivity contribution in [3.63, 3.8) is 0 Å². The molecule has 114 valence electrons. The Morgan fingerprint density at radius 1 is 1.40 bits per heavy atom. The lowest BCUT2D eigenvalue weighted by Crippen LogP contribution is -2.55. The standard InChI is InChI=1S/C13H24N4O3/c1-10(12(14)15-19)16-4-6-17(7-5-16)13(18)11-3-2-8-20-9-11/h10-11,19H,2-9H2,1H3,(H2,14,15). The molecule has 0 aromatic carbocycles. The molecule has 0 spiro atoms. The van der Waals surface area contributed by atoms with Crippen molar-refractivity contribution < 1.29 is 14.7 Å². The Labute approximate surface area is 119 Å². The number of ether oxygens (including phenoxy) is 1. The van der Waals surface area contributed by atoms with Crippen LogP contribution in [0.3, 0.4) is 0 Å². The van der Waals surface area contributed by atoms with E-state index in [2.05, 4.69) is 10.1 Å². The SMILES string of the molecule is CC(C(N)=NO)N1CCN(C(=O)C2CCCOC2)CC1. The molecular weight excluding hydrogens is 260 g/mol. The summed E-state index contributed by atoms with van der Waals surface area (Å²) < 4.78 is 5.38. The average molecular weight is 284 g/mol. The molecule has 3 N–H and O–H groups in total. The highest BCUT2D eigenvalue weighted by Gasteiger charge is 2.30. The summed E-state index contributed by atoms with van der Waals surface area (Å²) in [5.74, 6) is 0.447. The summed E-state index contributed by atoms with van der Waals surface area (Å²) in [4.78, 5) is 16.4. The summed E-state index contributed by atoms with van der Waals surface area (Å²) in [7, 11) is 0. The van der Waals surface area contributed by atoms with Crippen molar-refractivity contribution in [2.24, 2.45) is 16.8 Å². The molecule has 2 fully saturated rings. The van der Waals surface area contributed by atoms with Crippen LogP contribution in [0.25, 0.3) is 0 Å². The molecule has 1 amide bonds. The van der Waals surface area contributed by atoms with Gasteiger partial charge in [0.25, 0.3) is 0 Å². The van der Waals surface area contributed by atoms with Crippen molar-refractivity contribution in [1.82, 2.24) is 9.80 Å². The van der Waals surface area contributed by atoms with Crippen molar-refractivity contribution in [3.8, 4) is 0 Å². The lowest BCUT2D eigenvalue weighted by Gasteiger charge is -2.39. The maximum atomic E-state index is 12.4. The van der Waals surface area contributed by atoms with E-state index in [1.54, 1.807) is 0 Å². The van der Waals surface area contributed by atoms with Crippen molar-refractivity contribution >= 4 is 11.7 Å². The van der Waals surface area contributed by atoms with Gasteiger partial charge >= 0.3 is 0 Å². The minimum atomic E-state index is -0.102. The molecule has 2 aliphatic rings. The van der Waals surface area contributed by atoms with Crippen LogP contribution in [0.2, 0.25) is 0 Å². The van der Waals surface area contributed by atoms with Gasteiger partial charge in [0.15, 0.2) is 5.84 Å². The van der Waals surface area contributed by atoms with Crippen LogP contribution in [-0.4, -0.2) is 72.2 Å². The van der Waals surface area contributed by atoms with Crippen molar-refractivity contribution in [2.75, 3.05) is 39.4 Å². The smallest absolute Gasteiger partial charge is 0.228 e. The quantitative estimate of drug-likeness (QED) is 0.321. The van der Waals surface area contributed by atoms with Gasteiger partial charge in [-0.25, -0.2) is 0 Å². The summed E-state index contributed by atoms with van der Waals surface area (Å²) >= 11 is 0. The number of oxime groups is 1. The van der Waals surface area contributed by atoms with E-state index < -0.39 is 0 Å². The fraction of sp³-hybridized carbons (Fsp3) is 0.846. The molecule has 7 heteroatoms. The molecule has 2 heterocycles. The molecule has 0 saturated carbocycles. The number of hydrogen-bond acceptors (Lipinski definition) is 5. The fourth-order valence-corrected chi connectivity index (χ4v) is 2.79. The number of carbonyl (C=O) groups excluding carboxylic acids is 1. The van der Waals surface area contributed by atoms with Gasteiger partial charge in [-0.05, 0) is 19.8 Å². The average Bonchev–Trinajstić information content (AvgIpc) is 2.53. The zero-order valence-electron chi connectivity index (χ0n) is 12.0. The van der Waals surface area contributed by atoms with Crippen LogP contribution >= 0.6 is 0 Å². The monoisotopic (exact) mass is 284 g/mol. The molecule has 2 rings (SSSR count). The Bertz CT molecular complexity index is 361. The van der Waals surface area contributed by atoms with Crippen LogP contribution < -0.4 is 5.73 Å². The van der Waals surface area contributed by atoms with Gasteiger partial charge in [0.05, 0.1) is 18.6 Å². The zero-order valence-corrected chi connectivity index (χ0v) is 12.0. The number of rotatable bonds is 3.